The Hall–Kier alpha value is -2.13. The highest BCUT2D eigenvalue weighted by Crippen LogP contribution is 2.31. The van der Waals surface area contributed by atoms with E-state index in [-0.39, 0.29) is 0 Å². The number of hydrogen-bond donors (Lipinski definition) is 0. The Kier molecular flexibility index (Phi) is 4.54. The van der Waals surface area contributed by atoms with E-state index in [0.29, 0.717) is 0 Å². The van der Waals surface area contributed by atoms with E-state index in [1.54, 1.807) is 11.8 Å². The Labute approximate surface area is 135 Å². The maximum absolute atomic E-state index is 4.87. The summed E-state index contributed by atoms with van der Waals surface area (Å²) in [5.41, 5.74) is 4.46. The average molecular weight is 306 g/mol. The fourth-order valence-corrected chi connectivity index (χ4v) is 3.17. The Bertz CT molecular complexity index is 755. The van der Waals surface area contributed by atoms with Crippen LogP contribution in [-0.4, -0.2) is 16.2 Å². The van der Waals surface area contributed by atoms with Crippen molar-refractivity contribution in [2.45, 2.75) is 18.4 Å². The molecule has 0 bridgehead atoms. The van der Waals surface area contributed by atoms with Gasteiger partial charge in [-0.3, -0.25) is 0 Å². The second-order valence-electron chi connectivity index (χ2n) is 4.97. The largest absolute Gasteiger partial charge is 0.228 e. The zero-order valence-electron chi connectivity index (χ0n) is 12.8. The molecule has 3 rings (SSSR count). The van der Waals surface area contributed by atoms with Gasteiger partial charge in [0.2, 0.25) is 0 Å². The van der Waals surface area contributed by atoms with Gasteiger partial charge in [-0.15, -0.1) is 11.8 Å². The van der Waals surface area contributed by atoms with Crippen LogP contribution >= 0.6 is 11.8 Å². The summed E-state index contributed by atoms with van der Waals surface area (Å²) < 4.78 is 0. The molecule has 2 aromatic carbocycles. The Morgan fingerprint density at radius 3 is 1.95 bits per heavy atom. The van der Waals surface area contributed by atoms with Gasteiger partial charge in [0.05, 0.1) is 5.69 Å². The van der Waals surface area contributed by atoms with Gasteiger partial charge in [-0.25, -0.2) is 9.97 Å². The molecule has 0 atom stereocenters. The molecular formula is C19H18N2S. The molecule has 0 aliphatic carbocycles. The molecule has 0 fully saturated rings. The summed E-state index contributed by atoms with van der Waals surface area (Å²) in [6.07, 6.45) is 3.00. The van der Waals surface area contributed by atoms with E-state index in [2.05, 4.69) is 49.6 Å². The third-order valence-electron chi connectivity index (χ3n) is 3.60. The summed E-state index contributed by atoms with van der Waals surface area (Å²) in [4.78, 5) is 9.64. The summed E-state index contributed by atoms with van der Waals surface area (Å²) in [6.45, 7) is 2.16. The highest BCUT2D eigenvalue weighted by molar-refractivity contribution is 7.98. The molecule has 0 unspecified atom stereocenters. The van der Waals surface area contributed by atoms with Crippen LogP contribution in [-0.2, 0) is 6.42 Å². The molecule has 22 heavy (non-hydrogen) atoms. The first-order valence-electron chi connectivity index (χ1n) is 7.39. The molecule has 0 amide bonds. The van der Waals surface area contributed by atoms with Gasteiger partial charge in [0.15, 0.2) is 5.82 Å². The van der Waals surface area contributed by atoms with Gasteiger partial charge in [-0.2, -0.15) is 0 Å². The van der Waals surface area contributed by atoms with Crippen molar-refractivity contribution in [3.05, 3.63) is 66.2 Å². The van der Waals surface area contributed by atoms with Crippen LogP contribution in [0.4, 0.5) is 0 Å². The molecule has 0 saturated heterocycles. The molecule has 2 nitrogen and oxygen atoms in total. The maximum Gasteiger partial charge on any atom is 0.161 e. The molecule has 0 aliphatic rings. The minimum absolute atomic E-state index is 0.793. The Balaban J connectivity index is 2.23. The second kappa shape index (κ2) is 6.75. The normalized spacial score (nSPS) is 10.6. The summed E-state index contributed by atoms with van der Waals surface area (Å²) in [5, 5.41) is 1.07. The molecule has 0 N–H and O–H groups in total. The molecule has 1 heterocycles. The second-order valence-corrected chi connectivity index (χ2v) is 5.76. The van der Waals surface area contributed by atoms with Crippen LogP contribution < -0.4 is 0 Å². The van der Waals surface area contributed by atoms with E-state index < -0.39 is 0 Å². The number of hydrogen-bond acceptors (Lipinski definition) is 3. The first-order valence-corrected chi connectivity index (χ1v) is 8.61. The lowest BCUT2D eigenvalue weighted by molar-refractivity contribution is 0.959. The third kappa shape index (κ3) is 2.90. The number of thioether (sulfide) groups is 1. The van der Waals surface area contributed by atoms with Crippen LogP contribution in [0, 0.1) is 0 Å². The standard InChI is InChI=1S/C19H18N2S/c1-3-16-17(14-10-6-4-7-11-14)20-18(21-19(16)22-2)15-12-8-5-9-13-15/h4-13H,3H2,1-2H3. The van der Waals surface area contributed by atoms with E-state index >= 15 is 0 Å². The lowest BCUT2D eigenvalue weighted by atomic mass is 10.0. The highest BCUT2D eigenvalue weighted by atomic mass is 32.2. The van der Waals surface area contributed by atoms with Crippen molar-refractivity contribution in [2.75, 3.05) is 6.26 Å². The summed E-state index contributed by atoms with van der Waals surface area (Å²) in [6, 6.07) is 20.5. The predicted octanol–water partition coefficient (Wildman–Crippen LogP) is 5.09. The van der Waals surface area contributed by atoms with Gasteiger partial charge in [0.1, 0.15) is 5.03 Å². The average Bonchev–Trinajstić information content (AvgIpc) is 2.62. The van der Waals surface area contributed by atoms with Crippen LogP contribution in [0.2, 0.25) is 0 Å². The van der Waals surface area contributed by atoms with Crippen molar-refractivity contribution in [3.63, 3.8) is 0 Å². The number of rotatable bonds is 4. The van der Waals surface area contributed by atoms with E-state index in [1.165, 1.54) is 5.56 Å². The van der Waals surface area contributed by atoms with Gasteiger partial charge in [-0.05, 0) is 12.7 Å². The fourth-order valence-electron chi connectivity index (χ4n) is 2.50. The van der Waals surface area contributed by atoms with E-state index in [1.807, 2.05) is 24.3 Å². The first-order chi connectivity index (χ1) is 10.8. The Morgan fingerprint density at radius 2 is 1.41 bits per heavy atom. The highest BCUT2D eigenvalue weighted by Gasteiger charge is 2.14. The number of nitrogens with zero attached hydrogens (tertiary/aromatic N) is 2. The third-order valence-corrected chi connectivity index (χ3v) is 4.32. The maximum atomic E-state index is 4.87. The minimum atomic E-state index is 0.793. The smallest absolute Gasteiger partial charge is 0.161 e. The molecule has 0 aliphatic heterocycles. The first kappa shape index (κ1) is 14.8. The lowest BCUT2D eigenvalue weighted by Gasteiger charge is -2.13. The van der Waals surface area contributed by atoms with Crippen LogP contribution in [0.25, 0.3) is 22.6 Å². The molecule has 110 valence electrons. The fraction of sp³-hybridized carbons (Fsp3) is 0.158. The van der Waals surface area contributed by atoms with Crippen molar-refractivity contribution in [3.8, 4) is 22.6 Å². The summed E-state index contributed by atoms with van der Waals surface area (Å²) in [7, 11) is 0. The van der Waals surface area contributed by atoms with Crippen LogP contribution in [0.3, 0.4) is 0 Å². The van der Waals surface area contributed by atoms with Crippen LogP contribution in [0.5, 0.6) is 0 Å². The van der Waals surface area contributed by atoms with E-state index in [4.69, 9.17) is 9.97 Å². The van der Waals surface area contributed by atoms with E-state index in [0.717, 1.165) is 34.1 Å². The van der Waals surface area contributed by atoms with Crippen LogP contribution in [0.1, 0.15) is 12.5 Å². The minimum Gasteiger partial charge on any atom is -0.228 e. The van der Waals surface area contributed by atoms with E-state index in [9.17, 15) is 0 Å². The van der Waals surface area contributed by atoms with Gasteiger partial charge in [-0.1, -0.05) is 67.6 Å². The van der Waals surface area contributed by atoms with Crippen molar-refractivity contribution >= 4 is 11.8 Å². The van der Waals surface area contributed by atoms with Gasteiger partial charge < -0.3 is 0 Å². The van der Waals surface area contributed by atoms with Crippen molar-refractivity contribution in [2.24, 2.45) is 0 Å². The quantitative estimate of drug-likeness (QED) is 0.495. The zero-order valence-corrected chi connectivity index (χ0v) is 13.6. The van der Waals surface area contributed by atoms with Gasteiger partial charge in [0.25, 0.3) is 0 Å². The molecule has 3 heteroatoms. The predicted molar refractivity (Wildman–Crippen MR) is 94.1 cm³/mol. The number of benzene rings is 2. The van der Waals surface area contributed by atoms with Gasteiger partial charge in [0, 0.05) is 16.7 Å². The molecular weight excluding hydrogens is 288 g/mol. The molecule has 0 saturated carbocycles. The molecule has 0 spiro atoms. The number of aromatic nitrogens is 2. The monoisotopic (exact) mass is 306 g/mol. The molecule has 3 aromatic rings. The van der Waals surface area contributed by atoms with Crippen molar-refractivity contribution < 1.29 is 0 Å². The topological polar surface area (TPSA) is 25.8 Å². The van der Waals surface area contributed by atoms with Crippen LogP contribution in [0.15, 0.2) is 65.7 Å². The molecule has 0 radical (unpaired) electrons. The van der Waals surface area contributed by atoms with Gasteiger partial charge >= 0.3 is 0 Å². The summed E-state index contributed by atoms with van der Waals surface area (Å²) in [5.74, 6) is 0.793. The summed E-state index contributed by atoms with van der Waals surface area (Å²) >= 11 is 1.69. The molecule has 1 aromatic heterocycles. The zero-order chi connectivity index (χ0) is 15.4. The SMILES string of the molecule is CCc1c(SC)nc(-c2ccccc2)nc1-c1ccccc1. The Morgan fingerprint density at radius 1 is 0.818 bits per heavy atom. The van der Waals surface area contributed by atoms with Crippen molar-refractivity contribution in [1.29, 1.82) is 0 Å². The lowest BCUT2D eigenvalue weighted by Crippen LogP contribution is -2.01. The van der Waals surface area contributed by atoms with Crippen molar-refractivity contribution in [1.82, 2.24) is 9.97 Å².